The van der Waals surface area contributed by atoms with Crippen molar-refractivity contribution in [3.8, 4) is 11.1 Å². The minimum Gasteiger partial charge on any atom is -0.480 e. The Hall–Kier alpha value is -3.69. The molecule has 0 radical (unpaired) electrons. The summed E-state index contributed by atoms with van der Waals surface area (Å²) in [6.45, 7) is 0.876. The number of para-hydroxylation sites is 1. The number of nitrogens with one attached hydrogen (secondary N) is 2. The van der Waals surface area contributed by atoms with E-state index < -0.39 is 23.3 Å². The van der Waals surface area contributed by atoms with Gasteiger partial charge in [-0.1, -0.05) is 60.7 Å². The van der Waals surface area contributed by atoms with E-state index in [2.05, 4.69) is 10.6 Å². The van der Waals surface area contributed by atoms with Crippen LogP contribution in [0.5, 0.6) is 0 Å². The van der Waals surface area contributed by atoms with Gasteiger partial charge in [0.25, 0.3) is 11.3 Å². The Balaban J connectivity index is 1.58. The lowest BCUT2D eigenvalue weighted by Gasteiger charge is -2.27. The lowest BCUT2D eigenvalue weighted by Crippen LogP contribution is -2.43. The van der Waals surface area contributed by atoms with Gasteiger partial charge in [0.1, 0.15) is 6.04 Å². The molecule has 34 heavy (non-hydrogen) atoms. The molecule has 2 atom stereocenters. The number of carboxylic acids is 1. The first-order valence-electron chi connectivity index (χ1n) is 10.8. The van der Waals surface area contributed by atoms with E-state index in [0.29, 0.717) is 13.1 Å². The van der Waals surface area contributed by atoms with E-state index >= 15 is 0 Å². The Labute approximate surface area is 201 Å². The average Bonchev–Trinajstić information content (AvgIpc) is 2.85. The van der Waals surface area contributed by atoms with E-state index in [-0.39, 0.29) is 24.4 Å². The van der Waals surface area contributed by atoms with Gasteiger partial charge in [0.2, 0.25) is 5.91 Å². The summed E-state index contributed by atoms with van der Waals surface area (Å²) in [6.07, 6.45) is -0.224. The third-order valence-corrected chi connectivity index (χ3v) is 5.96. The predicted octanol–water partition coefficient (Wildman–Crippen LogP) is 3.76. The summed E-state index contributed by atoms with van der Waals surface area (Å²) >= 11 is -2.59. The number of rotatable bonds is 12. The third kappa shape index (κ3) is 7.16. The number of amides is 1. The fourth-order valence-corrected chi connectivity index (χ4v) is 4.19. The number of carboxylic acid groups (broad SMARTS) is 1. The second kappa shape index (κ2) is 12.5. The molecule has 2 unspecified atom stereocenters. The van der Waals surface area contributed by atoms with Gasteiger partial charge in [-0.15, -0.1) is 0 Å². The van der Waals surface area contributed by atoms with Crippen molar-refractivity contribution < 1.29 is 23.5 Å². The summed E-state index contributed by atoms with van der Waals surface area (Å²) in [5.74, 6) is -1.61. The maximum absolute atomic E-state index is 12.2. The van der Waals surface area contributed by atoms with Crippen molar-refractivity contribution in [1.29, 1.82) is 0 Å². The first kappa shape index (κ1) is 24.9. The Kier molecular flexibility index (Phi) is 9.19. The highest BCUT2D eigenvalue weighted by molar-refractivity contribution is 7.80. The van der Waals surface area contributed by atoms with Gasteiger partial charge in [0, 0.05) is 25.2 Å². The van der Waals surface area contributed by atoms with Crippen molar-refractivity contribution in [1.82, 2.24) is 5.32 Å². The molecule has 0 fully saturated rings. The topological polar surface area (TPSA) is 119 Å². The van der Waals surface area contributed by atoms with Gasteiger partial charge < -0.3 is 15.7 Å². The molecule has 4 N–H and O–H groups in total. The highest BCUT2D eigenvalue weighted by Crippen LogP contribution is 2.26. The van der Waals surface area contributed by atoms with Crippen molar-refractivity contribution in [3.63, 3.8) is 0 Å². The SMILES string of the molecule is O=C(CCC(C(=O)O)N(c1ccc(-c2ccccc2)cc1)S(=O)O)NCCNc1ccccc1. The van der Waals surface area contributed by atoms with Crippen LogP contribution >= 0.6 is 0 Å². The van der Waals surface area contributed by atoms with Crippen molar-refractivity contribution in [3.05, 3.63) is 84.9 Å². The monoisotopic (exact) mass is 481 g/mol. The van der Waals surface area contributed by atoms with Crippen LogP contribution in [0.15, 0.2) is 84.9 Å². The van der Waals surface area contributed by atoms with E-state index in [1.54, 1.807) is 24.3 Å². The summed E-state index contributed by atoms with van der Waals surface area (Å²) in [5, 5.41) is 15.6. The van der Waals surface area contributed by atoms with Crippen LogP contribution in [-0.2, 0) is 20.9 Å². The van der Waals surface area contributed by atoms with E-state index in [4.69, 9.17) is 0 Å². The zero-order valence-corrected chi connectivity index (χ0v) is 19.3. The highest BCUT2D eigenvalue weighted by Gasteiger charge is 2.30. The smallest absolute Gasteiger partial charge is 0.327 e. The minimum atomic E-state index is -2.59. The summed E-state index contributed by atoms with van der Waals surface area (Å²) in [5.41, 5.74) is 3.07. The first-order chi connectivity index (χ1) is 16.5. The maximum atomic E-state index is 12.2. The van der Waals surface area contributed by atoms with Gasteiger partial charge >= 0.3 is 5.97 Å². The van der Waals surface area contributed by atoms with Gasteiger partial charge in [-0.3, -0.25) is 13.7 Å². The van der Waals surface area contributed by atoms with Crippen molar-refractivity contribution in [2.24, 2.45) is 0 Å². The zero-order valence-electron chi connectivity index (χ0n) is 18.5. The molecule has 0 aromatic heterocycles. The highest BCUT2D eigenvalue weighted by atomic mass is 32.2. The number of nitrogens with zero attached hydrogens (tertiary/aromatic N) is 1. The minimum absolute atomic E-state index is 0.0991. The number of benzene rings is 3. The Morgan fingerprint density at radius 2 is 1.44 bits per heavy atom. The molecule has 0 heterocycles. The van der Waals surface area contributed by atoms with Crippen LogP contribution in [0.4, 0.5) is 11.4 Å². The van der Waals surface area contributed by atoms with Crippen LogP contribution in [0.1, 0.15) is 12.8 Å². The predicted molar refractivity (Wildman–Crippen MR) is 134 cm³/mol. The van der Waals surface area contributed by atoms with Gasteiger partial charge in [-0.2, -0.15) is 0 Å². The van der Waals surface area contributed by atoms with Crippen molar-refractivity contribution >= 4 is 34.5 Å². The van der Waals surface area contributed by atoms with E-state index in [1.165, 1.54) is 0 Å². The molecule has 0 saturated carbocycles. The lowest BCUT2D eigenvalue weighted by molar-refractivity contribution is -0.138. The molecule has 3 aromatic carbocycles. The van der Waals surface area contributed by atoms with E-state index in [9.17, 15) is 23.5 Å². The maximum Gasteiger partial charge on any atom is 0.327 e. The van der Waals surface area contributed by atoms with Crippen molar-refractivity contribution in [2.75, 3.05) is 22.7 Å². The first-order valence-corrected chi connectivity index (χ1v) is 11.9. The molecular weight excluding hydrogens is 454 g/mol. The van der Waals surface area contributed by atoms with E-state index in [1.807, 2.05) is 60.7 Å². The quantitative estimate of drug-likeness (QED) is 0.231. The number of anilines is 2. The summed E-state index contributed by atoms with van der Waals surface area (Å²) in [6, 6.07) is 24.5. The molecule has 178 valence electrons. The third-order valence-electron chi connectivity index (χ3n) is 5.16. The number of hydrogen-bond donors (Lipinski definition) is 4. The van der Waals surface area contributed by atoms with Crippen LogP contribution in [-0.4, -0.2) is 44.9 Å². The summed E-state index contributed by atoms with van der Waals surface area (Å²) < 4.78 is 22.8. The van der Waals surface area contributed by atoms with Gasteiger partial charge in [0.05, 0.1) is 5.69 Å². The standard InChI is InChI=1S/C25H27N3O5S/c29-24(27-18-17-26-21-9-5-2-6-10-21)16-15-23(25(30)31)28(34(32)33)22-13-11-20(12-14-22)19-7-3-1-4-8-19/h1-14,23,26H,15-18H2,(H,27,29)(H,30,31)(H,32,33). The van der Waals surface area contributed by atoms with Crippen molar-refractivity contribution in [2.45, 2.75) is 18.9 Å². The summed E-state index contributed by atoms with van der Waals surface area (Å²) in [4.78, 5) is 24.1. The van der Waals surface area contributed by atoms with Crippen LogP contribution in [0.3, 0.4) is 0 Å². The molecule has 8 nitrogen and oxygen atoms in total. The molecule has 3 rings (SSSR count). The summed E-state index contributed by atoms with van der Waals surface area (Å²) in [7, 11) is 0. The Bertz CT molecular complexity index is 1090. The molecular formula is C25H27N3O5S. The number of carbonyl (C=O) groups is 2. The molecule has 0 aliphatic heterocycles. The second-order valence-corrected chi connectivity index (χ2v) is 8.36. The number of aliphatic carboxylic acids is 1. The fourth-order valence-electron chi connectivity index (χ4n) is 3.47. The Morgan fingerprint density at radius 1 is 0.853 bits per heavy atom. The van der Waals surface area contributed by atoms with Crippen LogP contribution < -0.4 is 14.9 Å². The van der Waals surface area contributed by atoms with Crippen LogP contribution in [0.25, 0.3) is 11.1 Å². The molecule has 0 aliphatic rings. The van der Waals surface area contributed by atoms with Gasteiger partial charge in [0.15, 0.2) is 0 Å². The lowest BCUT2D eigenvalue weighted by atomic mass is 10.1. The normalized spacial score (nSPS) is 12.4. The Morgan fingerprint density at radius 3 is 2.03 bits per heavy atom. The molecule has 9 heteroatoms. The molecule has 0 bridgehead atoms. The molecule has 1 amide bonds. The second-order valence-electron chi connectivity index (χ2n) is 7.50. The van der Waals surface area contributed by atoms with E-state index in [0.717, 1.165) is 21.1 Å². The van der Waals surface area contributed by atoms with Gasteiger partial charge in [-0.05, 0) is 41.8 Å². The number of carbonyl (C=O) groups excluding carboxylic acids is 1. The van der Waals surface area contributed by atoms with Gasteiger partial charge in [-0.25, -0.2) is 9.00 Å². The molecule has 0 aliphatic carbocycles. The van der Waals surface area contributed by atoms with Crippen LogP contribution in [0.2, 0.25) is 0 Å². The van der Waals surface area contributed by atoms with Crippen LogP contribution in [0, 0.1) is 0 Å². The number of hydrogen-bond acceptors (Lipinski definition) is 4. The average molecular weight is 482 g/mol. The fraction of sp³-hybridized carbons (Fsp3) is 0.200. The largest absolute Gasteiger partial charge is 0.480 e. The molecule has 0 spiro atoms. The molecule has 3 aromatic rings. The molecule has 0 saturated heterocycles. The zero-order chi connectivity index (χ0) is 24.3.